The molecule has 0 aliphatic carbocycles. The Labute approximate surface area is 139 Å². The van der Waals surface area contributed by atoms with E-state index in [1.54, 1.807) is 12.1 Å². The summed E-state index contributed by atoms with van der Waals surface area (Å²) in [6, 6.07) is 6.96. The summed E-state index contributed by atoms with van der Waals surface area (Å²) >= 11 is 0. The molecule has 0 saturated carbocycles. The zero-order valence-corrected chi connectivity index (χ0v) is 15.8. The smallest absolute Gasteiger partial charge is 0.269 e. The van der Waals surface area contributed by atoms with Crippen LogP contribution in [0.2, 0.25) is 18.1 Å². The van der Waals surface area contributed by atoms with Crippen LogP contribution in [0.1, 0.15) is 32.3 Å². The summed E-state index contributed by atoms with van der Waals surface area (Å²) in [6.45, 7) is 13.9. The van der Waals surface area contributed by atoms with Crippen molar-refractivity contribution in [1.29, 1.82) is 0 Å². The summed E-state index contributed by atoms with van der Waals surface area (Å²) in [5, 5.41) is 14.4. The largest absolute Gasteiger partial charge is 0.416 e. The minimum Gasteiger partial charge on any atom is -0.416 e. The maximum Gasteiger partial charge on any atom is 0.269 e. The Morgan fingerprint density at radius 1 is 1.26 bits per heavy atom. The van der Waals surface area contributed by atoms with E-state index >= 15 is 0 Å². The summed E-state index contributed by atoms with van der Waals surface area (Å²) in [7, 11) is -1.74. The first-order chi connectivity index (χ1) is 10.6. The van der Waals surface area contributed by atoms with E-state index in [-0.39, 0.29) is 15.6 Å². The Balaban J connectivity index is 2.04. The van der Waals surface area contributed by atoms with Gasteiger partial charge in [-0.2, -0.15) is 0 Å². The Morgan fingerprint density at radius 2 is 1.87 bits per heavy atom. The van der Waals surface area contributed by atoms with Crippen molar-refractivity contribution < 1.29 is 9.35 Å². The van der Waals surface area contributed by atoms with Crippen molar-refractivity contribution in [3.8, 4) is 0 Å². The van der Waals surface area contributed by atoms with Gasteiger partial charge in [0.1, 0.15) is 0 Å². The standard InChI is InChI=1S/C17H28N2O3Si/c1-17(2,3)23(4,5)22-12-14-10-18-11-16(14)13-6-8-15(9-7-13)19(20)21/h6-9,14,16,18H,10-12H2,1-5H3/t14-,16-/m1/s1. The van der Waals surface area contributed by atoms with E-state index in [2.05, 4.69) is 39.2 Å². The Bertz CT molecular complexity index is 552. The third-order valence-electron chi connectivity index (χ3n) is 5.34. The number of hydrogen-bond acceptors (Lipinski definition) is 4. The zero-order valence-electron chi connectivity index (χ0n) is 14.8. The first-order valence-electron chi connectivity index (χ1n) is 8.21. The van der Waals surface area contributed by atoms with Gasteiger partial charge in [0, 0.05) is 43.7 Å². The van der Waals surface area contributed by atoms with Gasteiger partial charge in [-0.1, -0.05) is 32.9 Å². The molecule has 6 heteroatoms. The molecule has 1 aromatic carbocycles. The molecule has 1 aliphatic rings. The molecule has 0 unspecified atom stereocenters. The second-order valence-electron chi connectivity index (χ2n) is 7.94. The maximum atomic E-state index is 10.8. The van der Waals surface area contributed by atoms with Gasteiger partial charge in [-0.3, -0.25) is 10.1 Å². The van der Waals surface area contributed by atoms with Crippen LogP contribution in [0.15, 0.2) is 24.3 Å². The third kappa shape index (κ3) is 4.19. The fourth-order valence-electron chi connectivity index (χ4n) is 2.67. The molecule has 1 aromatic rings. The van der Waals surface area contributed by atoms with Gasteiger partial charge in [-0.25, -0.2) is 0 Å². The molecule has 1 aliphatic heterocycles. The highest BCUT2D eigenvalue weighted by Crippen LogP contribution is 2.38. The highest BCUT2D eigenvalue weighted by atomic mass is 28.4. The average Bonchev–Trinajstić information content (AvgIpc) is 2.92. The predicted octanol–water partition coefficient (Wildman–Crippen LogP) is 3.92. The van der Waals surface area contributed by atoms with Crippen molar-refractivity contribution >= 4 is 14.0 Å². The lowest BCUT2D eigenvalue weighted by atomic mass is 9.89. The highest BCUT2D eigenvalue weighted by Gasteiger charge is 2.39. The minimum atomic E-state index is -1.74. The summed E-state index contributed by atoms with van der Waals surface area (Å²) in [5.41, 5.74) is 1.30. The molecule has 1 fully saturated rings. The number of nitrogens with one attached hydrogen (secondary N) is 1. The van der Waals surface area contributed by atoms with Crippen molar-refractivity contribution in [2.45, 2.75) is 44.8 Å². The van der Waals surface area contributed by atoms with Gasteiger partial charge in [-0.15, -0.1) is 0 Å². The monoisotopic (exact) mass is 336 g/mol. The molecule has 2 rings (SSSR count). The van der Waals surface area contributed by atoms with Gasteiger partial charge in [0.25, 0.3) is 5.69 Å². The molecule has 0 bridgehead atoms. The van der Waals surface area contributed by atoms with Crippen LogP contribution in [0.25, 0.3) is 0 Å². The first kappa shape index (κ1) is 18.1. The first-order valence-corrected chi connectivity index (χ1v) is 11.1. The lowest BCUT2D eigenvalue weighted by Gasteiger charge is -2.37. The molecule has 1 heterocycles. The fourth-order valence-corrected chi connectivity index (χ4v) is 3.74. The molecule has 1 saturated heterocycles. The molecular weight excluding hydrogens is 308 g/mol. The van der Waals surface area contributed by atoms with Crippen LogP contribution in [0, 0.1) is 16.0 Å². The number of nitrogens with zero attached hydrogens (tertiary/aromatic N) is 1. The van der Waals surface area contributed by atoms with Crippen LogP contribution in [0.3, 0.4) is 0 Å². The molecule has 128 valence electrons. The van der Waals surface area contributed by atoms with Crippen LogP contribution in [0.5, 0.6) is 0 Å². The average molecular weight is 337 g/mol. The van der Waals surface area contributed by atoms with Gasteiger partial charge in [-0.05, 0) is 23.7 Å². The summed E-state index contributed by atoms with van der Waals surface area (Å²) in [6.07, 6.45) is 0. The van der Waals surface area contributed by atoms with E-state index in [1.165, 1.54) is 0 Å². The van der Waals surface area contributed by atoms with Gasteiger partial charge in [0.05, 0.1) is 4.92 Å². The minimum absolute atomic E-state index is 0.147. The zero-order chi connectivity index (χ0) is 17.3. The molecule has 0 spiro atoms. The number of benzene rings is 1. The molecule has 2 atom stereocenters. The van der Waals surface area contributed by atoms with Gasteiger partial charge >= 0.3 is 0 Å². The molecule has 0 aromatic heterocycles. The van der Waals surface area contributed by atoms with E-state index < -0.39 is 8.32 Å². The van der Waals surface area contributed by atoms with Crippen molar-refractivity contribution in [2.24, 2.45) is 5.92 Å². The molecular formula is C17H28N2O3Si. The van der Waals surface area contributed by atoms with E-state index in [0.29, 0.717) is 11.8 Å². The highest BCUT2D eigenvalue weighted by molar-refractivity contribution is 6.74. The summed E-state index contributed by atoms with van der Waals surface area (Å²) < 4.78 is 6.38. The Morgan fingerprint density at radius 3 is 2.39 bits per heavy atom. The number of non-ortho nitro benzene ring substituents is 1. The van der Waals surface area contributed by atoms with Crippen LogP contribution in [-0.4, -0.2) is 32.9 Å². The molecule has 0 radical (unpaired) electrons. The number of nitro benzene ring substituents is 1. The summed E-state index contributed by atoms with van der Waals surface area (Å²) in [4.78, 5) is 10.4. The fraction of sp³-hybridized carbons (Fsp3) is 0.647. The summed E-state index contributed by atoms with van der Waals surface area (Å²) in [5.74, 6) is 0.783. The quantitative estimate of drug-likeness (QED) is 0.503. The number of nitro groups is 1. The Hall–Kier alpha value is -1.24. The van der Waals surface area contributed by atoms with Crippen molar-refractivity contribution in [1.82, 2.24) is 5.32 Å². The Kier molecular flexibility index (Phi) is 5.28. The predicted molar refractivity (Wildman–Crippen MR) is 95.3 cm³/mol. The second-order valence-corrected chi connectivity index (χ2v) is 12.8. The molecule has 1 N–H and O–H groups in total. The number of rotatable bonds is 5. The topological polar surface area (TPSA) is 64.4 Å². The number of hydrogen-bond donors (Lipinski definition) is 1. The normalized spacial score (nSPS) is 22.3. The van der Waals surface area contributed by atoms with E-state index in [4.69, 9.17) is 4.43 Å². The van der Waals surface area contributed by atoms with E-state index in [9.17, 15) is 10.1 Å². The van der Waals surface area contributed by atoms with Crippen LogP contribution in [-0.2, 0) is 4.43 Å². The van der Waals surface area contributed by atoms with Crippen LogP contribution < -0.4 is 5.32 Å². The SMILES string of the molecule is CC(C)(C)[Si](C)(C)OC[C@H]1CNC[C@@H]1c1ccc([N+](=O)[O-])cc1. The maximum absolute atomic E-state index is 10.8. The van der Waals surface area contributed by atoms with Crippen molar-refractivity contribution in [3.05, 3.63) is 39.9 Å². The van der Waals surface area contributed by atoms with Gasteiger partial charge in [0.15, 0.2) is 8.32 Å². The molecule has 5 nitrogen and oxygen atoms in total. The molecule has 23 heavy (non-hydrogen) atoms. The van der Waals surface area contributed by atoms with Crippen molar-refractivity contribution in [3.63, 3.8) is 0 Å². The second kappa shape index (κ2) is 6.71. The molecule has 0 amide bonds. The lowest BCUT2D eigenvalue weighted by molar-refractivity contribution is -0.384. The van der Waals surface area contributed by atoms with Gasteiger partial charge < -0.3 is 9.74 Å². The van der Waals surface area contributed by atoms with E-state index in [1.807, 2.05) is 12.1 Å². The van der Waals surface area contributed by atoms with Crippen molar-refractivity contribution in [2.75, 3.05) is 19.7 Å². The van der Waals surface area contributed by atoms with Gasteiger partial charge in [0.2, 0.25) is 0 Å². The van der Waals surface area contributed by atoms with E-state index in [0.717, 1.165) is 25.3 Å². The third-order valence-corrected chi connectivity index (χ3v) is 9.84. The lowest BCUT2D eigenvalue weighted by Crippen LogP contribution is -2.42. The van der Waals surface area contributed by atoms with Crippen LogP contribution in [0.4, 0.5) is 5.69 Å². The van der Waals surface area contributed by atoms with Crippen LogP contribution >= 0.6 is 0 Å².